The maximum absolute atomic E-state index is 14.1. The van der Waals surface area contributed by atoms with Gasteiger partial charge in [0.05, 0.1) is 11.5 Å². The number of carbonyl (C=O) groups excluding carboxylic acids is 1. The quantitative estimate of drug-likeness (QED) is 0.343. The number of rotatable bonds is 9. The molecule has 2 aromatic carbocycles. The number of benzene rings is 2. The Hall–Kier alpha value is -2.66. The predicted octanol–water partition coefficient (Wildman–Crippen LogP) is 6.81. The number of halogens is 1. The van der Waals surface area contributed by atoms with Crippen LogP contribution in [0.3, 0.4) is 0 Å². The molecule has 31 heavy (non-hydrogen) atoms. The molecule has 0 aliphatic carbocycles. The van der Waals surface area contributed by atoms with E-state index in [1.165, 1.54) is 5.56 Å². The van der Waals surface area contributed by atoms with Crippen molar-refractivity contribution in [2.75, 3.05) is 6.61 Å². The van der Waals surface area contributed by atoms with Crippen molar-refractivity contribution in [3.63, 3.8) is 0 Å². The van der Waals surface area contributed by atoms with Crippen LogP contribution in [-0.2, 0) is 29.0 Å². The van der Waals surface area contributed by atoms with Gasteiger partial charge in [-0.3, -0.25) is 4.79 Å². The molecule has 0 bridgehead atoms. The Bertz CT molecular complexity index is 1040. The van der Waals surface area contributed by atoms with E-state index in [0.29, 0.717) is 26.1 Å². The second-order valence-electron chi connectivity index (χ2n) is 7.50. The first kappa shape index (κ1) is 23.0. The molecule has 3 nitrogen and oxygen atoms in total. The Morgan fingerprint density at radius 1 is 1.03 bits per heavy atom. The van der Waals surface area contributed by atoms with Crippen molar-refractivity contribution in [2.24, 2.45) is 0 Å². The van der Waals surface area contributed by atoms with Gasteiger partial charge in [0.1, 0.15) is 12.4 Å². The highest BCUT2D eigenvalue weighted by molar-refractivity contribution is 7.10. The smallest absolute Gasteiger partial charge is 0.306 e. The van der Waals surface area contributed by atoms with Gasteiger partial charge < -0.3 is 9.47 Å². The predicted molar refractivity (Wildman–Crippen MR) is 124 cm³/mol. The summed E-state index contributed by atoms with van der Waals surface area (Å²) in [5.74, 6) is 0.595. The lowest BCUT2D eigenvalue weighted by molar-refractivity contribution is -0.143. The fourth-order valence-corrected chi connectivity index (χ4v) is 4.38. The molecule has 0 saturated heterocycles. The van der Waals surface area contributed by atoms with E-state index in [2.05, 4.69) is 19.1 Å². The molecule has 164 valence electrons. The number of ether oxygens (including phenoxy) is 2. The van der Waals surface area contributed by atoms with Crippen LogP contribution in [0.1, 0.15) is 47.4 Å². The van der Waals surface area contributed by atoms with E-state index in [9.17, 15) is 9.18 Å². The minimum atomic E-state index is -0.213. The summed E-state index contributed by atoms with van der Waals surface area (Å²) < 4.78 is 25.2. The molecule has 0 N–H and O–H groups in total. The molecule has 1 heterocycles. The molecule has 0 radical (unpaired) electrons. The zero-order valence-electron chi connectivity index (χ0n) is 18.6. The number of hydrogen-bond acceptors (Lipinski definition) is 4. The topological polar surface area (TPSA) is 35.5 Å². The van der Waals surface area contributed by atoms with Gasteiger partial charge in [-0.15, -0.1) is 11.3 Å². The average molecular weight is 441 g/mol. The minimum absolute atomic E-state index is 0.181. The maximum atomic E-state index is 14.1. The second-order valence-corrected chi connectivity index (χ2v) is 8.59. The molecular formula is C26H29FO3S. The van der Waals surface area contributed by atoms with Crippen molar-refractivity contribution in [3.8, 4) is 16.9 Å². The van der Waals surface area contributed by atoms with Crippen molar-refractivity contribution < 1.29 is 18.7 Å². The SMILES string of the molecule is CCOC(=O)CCc1ccc(OCc2sc(F)cc2-c2ccc(CC)cc2)c(C)c1C. The van der Waals surface area contributed by atoms with Crippen molar-refractivity contribution >= 4 is 17.3 Å². The molecule has 0 spiro atoms. The van der Waals surface area contributed by atoms with E-state index in [0.717, 1.165) is 56.2 Å². The van der Waals surface area contributed by atoms with Gasteiger partial charge in [0.15, 0.2) is 5.13 Å². The zero-order chi connectivity index (χ0) is 22.4. The van der Waals surface area contributed by atoms with Gasteiger partial charge in [0.2, 0.25) is 0 Å². The third-order valence-corrected chi connectivity index (χ3v) is 6.46. The fourth-order valence-electron chi connectivity index (χ4n) is 3.56. The van der Waals surface area contributed by atoms with E-state index < -0.39 is 0 Å². The first-order valence-electron chi connectivity index (χ1n) is 10.7. The Labute approximate surface area is 187 Å². The highest BCUT2D eigenvalue weighted by atomic mass is 32.1. The molecule has 5 heteroatoms. The number of esters is 1. The van der Waals surface area contributed by atoms with Crippen LogP contribution in [0.15, 0.2) is 42.5 Å². The minimum Gasteiger partial charge on any atom is -0.488 e. The number of thiophene rings is 1. The van der Waals surface area contributed by atoms with Crippen molar-refractivity contribution in [1.29, 1.82) is 0 Å². The summed E-state index contributed by atoms with van der Waals surface area (Å²) in [6.07, 6.45) is 1.98. The molecule has 3 rings (SSSR count). The monoisotopic (exact) mass is 440 g/mol. The summed E-state index contributed by atoms with van der Waals surface area (Å²) in [4.78, 5) is 12.5. The summed E-state index contributed by atoms with van der Waals surface area (Å²) in [7, 11) is 0. The average Bonchev–Trinajstić information content (AvgIpc) is 3.14. The Morgan fingerprint density at radius 2 is 1.77 bits per heavy atom. The van der Waals surface area contributed by atoms with Crippen LogP contribution in [0.2, 0.25) is 0 Å². The number of aryl methyl sites for hydroxylation is 2. The van der Waals surface area contributed by atoms with Gasteiger partial charge in [0, 0.05) is 12.0 Å². The molecule has 0 fully saturated rings. The molecule has 0 unspecified atom stereocenters. The van der Waals surface area contributed by atoms with Crippen LogP contribution >= 0.6 is 11.3 Å². The molecule has 0 atom stereocenters. The van der Waals surface area contributed by atoms with E-state index in [1.807, 2.05) is 45.0 Å². The van der Waals surface area contributed by atoms with Gasteiger partial charge in [-0.1, -0.05) is 37.3 Å². The van der Waals surface area contributed by atoms with E-state index in [4.69, 9.17) is 9.47 Å². The fraction of sp³-hybridized carbons (Fsp3) is 0.346. The first-order valence-corrected chi connectivity index (χ1v) is 11.5. The number of hydrogen-bond donors (Lipinski definition) is 0. The van der Waals surface area contributed by atoms with E-state index >= 15 is 0 Å². The summed E-state index contributed by atoms with van der Waals surface area (Å²) in [5.41, 5.74) is 6.38. The molecule has 0 saturated carbocycles. The summed E-state index contributed by atoms with van der Waals surface area (Å²) in [6.45, 7) is 8.68. The molecule has 0 aliphatic heterocycles. The molecule has 3 aromatic rings. The summed E-state index contributed by atoms with van der Waals surface area (Å²) in [6, 6.07) is 13.8. The zero-order valence-corrected chi connectivity index (χ0v) is 19.4. The van der Waals surface area contributed by atoms with Gasteiger partial charge in [0.25, 0.3) is 0 Å². The first-order chi connectivity index (χ1) is 14.9. The lowest BCUT2D eigenvalue weighted by atomic mass is 9.99. The van der Waals surface area contributed by atoms with Crippen molar-refractivity contribution in [3.05, 3.63) is 74.7 Å². The molecular weight excluding hydrogens is 411 g/mol. The lowest BCUT2D eigenvalue weighted by Crippen LogP contribution is -2.06. The highest BCUT2D eigenvalue weighted by Gasteiger charge is 2.14. The molecule has 0 amide bonds. The van der Waals surface area contributed by atoms with Crippen molar-refractivity contribution in [1.82, 2.24) is 0 Å². The Kier molecular flexibility index (Phi) is 7.85. The molecule has 0 aliphatic rings. The largest absolute Gasteiger partial charge is 0.488 e. The second kappa shape index (κ2) is 10.6. The van der Waals surface area contributed by atoms with Crippen LogP contribution in [0, 0.1) is 19.0 Å². The summed E-state index contributed by atoms with van der Waals surface area (Å²) >= 11 is 1.12. The number of carbonyl (C=O) groups is 1. The van der Waals surface area contributed by atoms with Crippen LogP contribution in [-0.4, -0.2) is 12.6 Å². The van der Waals surface area contributed by atoms with Gasteiger partial charge in [-0.25, -0.2) is 0 Å². The molecule has 1 aromatic heterocycles. The Balaban J connectivity index is 1.73. The third kappa shape index (κ3) is 5.73. The van der Waals surface area contributed by atoms with Gasteiger partial charge >= 0.3 is 5.97 Å². The normalized spacial score (nSPS) is 10.9. The van der Waals surface area contributed by atoms with Crippen LogP contribution < -0.4 is 4.74 Å². The van der Waals surface area contributed by atoms with E-state index in [1.54, 1.807) is 6.07 Å². The van der Waals surface area contributed by atoms with Gasteiger partial charge in [-0.2, -0.15) is 4.39 Å². The maximum Gasteiger partial charge on any atom is 0.306 e. The lowest BCUT2D eigenvalue weighted by Gasteiger charge is -2.15. The highest BCUT2D eigenvalue weighted by Crippen LogP contribution is 2.33. The van der Waals surface area contributed by atoms with Crippen LogP contribution in [0.4, 0.5) is 4.39 Å². The summed E-state index contributed by atoms with van der Waals surface area (Å²) in [5, 5.41) is -0.213. The standard InChI is InChI=1S/C26H29FO3S/c1-5-19-7-9-21(10-8-19)22-15-25(27)31-24(22)16-30-23-13-11-20(17(3)18(23)4)12-14-26(28)29-6-2/h7-11,13,15H,5-6,12,14,16H2,1-4H3. The third-order valence-electron chi connectivity index (χ3n) is 5.56. The van der Waals surface area contributed by atoms with Crippen molar-refractivity contribution in [2.45, 2.75) is 53.6 Å². The van der Waals surface area contributed by atoms with E-state index in [-0.39, 0.29) is 11.1 Å². The Morgan fingerprint density at radius 3 is 2.45 bits per heavy atom. The van der Waals surface area contributed by atoms with Crippen LogP contribution in [0.5, 0.6) is 5.75 Å². The van der Waals surface area contributed by atoms with Gasteiger partial charge in [-0.05, 0) is 73.6 Å². The van der Waals surface area contributed by atoms with Crippen LogP contribution in [0.25, 0.3) is 11.1 Å².